The summed E-state index contributed by atoms with van der Waals surface area (Å²) in [6.45, 7) is 1.01. The summed E-state index contributed by atoms with van der Waals surface area (Å²) in [6, 6.07) is 12.7. The van der Waals surface area contributed by atoms with Crippen LogP contribution in [0.5, 0.6) is 11.5 Å². The van der Waals surface area contributed by atoms with E-state index in [0.717, 1.165) is 6.42 Å². The summed E-state index contributed by atoms with van der Waals surface area (Å²) in [5, 5.41) is 3.60. The molecule has 1 aliphatic heterocycles. The first-order valence-electron chi connectivity index (χ1n) is 10.6. The van der Waals surface area contributed by atoms with E-state index in [2.05, 4.69) is 22.5 Å². The molecule has 0 unspecified atom stereocenters. The summed E-state index contributed by atoms with van der Waals surface area (Å²) in [6.07, 6.45) is 5.16. The molecule has 0 saturated heterocycles. The Kier molecular flexibility index (Phi) is 4.09. The molecule has 1 fully saturated rings. The lowest BCUT2D eigenvalue weighted by molar-refractivity contribution is -0.121. The molecule has 4 atom stereocenters. The fraction of sp³-hybridized carbons (Fsp3) is 0.292. The fourth-order valence-corrected chi connectivity index (χ4v) is 5.16. The molecule has 1 aromatic heterocycles. The first kappa shape index (κ1) is 18.2. The van der Waals surface area contributed by atoms with Crippen LogP contribution in [-0.2, 0) is 4.79 Å². The van der Waals surface area contributed by atoms with E-state index in [1.807, 2.05) is 30.3 Å². The van der Waals surface area contributed by atoms with Gasteiger partial charge in [-0.1, -0.05) is 24.3 Å². The number of ether oxygens (including phenoxy) is 2. The quantitative estimate of drug-likeness (QED) is 0.641. The number of anilines is 1. The van der Waals surface area contributed by atoms with Gasteiger partial charge in [0.2, 0.25) is 5.91 Å². The Bertz CT molecular complexity index is 1280. The maximum atomic E-state index is 13.4. The van der Waals surface area contributed by atoms with Crippen LogP contribution in [-0.4, -0.2) is 29.1 Å². The van der Waals surface area contributed by atoms with Gasteiger partial charge in [-0.05, 0) is 42.5 Å². The van der Waals surface area contributed by atoms with Gasteiger partial charge in [-0.25, -0.2) is 4.98 Å². The van der Waals surface area contributed by atoms with Gasteiger partial charge in [0.15, 0.2) is 11.5 Å². The van der Waals surface area contributed by atoms with Crippen LogP contribution in [0.1, 0.15) is 18.2 Å². The van der Waals surface area contributed by atoms with Crippen molar-refractivity contribution in [2.75, 3.05) is 18.5 Å². The van der Waals surface area contributed by atoms with Crippen molar-refractivity contribution >= 4 is 22.5 Å². The molecule has 0 spiro atoms. The fourth-order valence-electron chi connectivity index (χ4n) is 5.16. The molecule has 3 aromatic rings. The maximum Gasteiger partial charge on any atom is 0.258 e. The van der Waals surface area contributed by atoms with E-state index >= 15 is 0 Å². The van der Waals surface area contributed by atoms with Crippen LogP contribution in [0, 0.1) is 17.8 Å². The van der Waals surface area contributed by atoms with Gasteiger partial charge in [-0.15, -0.1) is 0 Å². The average molecular weight is 415 g/mol. The highest BCUT2D eigenvalue weighted by Gasteiger charge is 2.50. The Labute approximate surface area is 178 Å². The standard InChI is InChI=1S/C24H21N3O4/c28-23-16-3-1-2-4-17(16)26-22(27-23)20-13-5-6-14(11-13)21(20)24(29)25-15-7-8-18-19(12-15)31-10-9-30-18/h1-8,12-14,20-21H,9-11H2,(H,25,29)(H,26,27,28)/t13-,14-,20+,21-/m0/s1. The van der Waals surface area contributed by atoms with Crippen LogP contribution in [0.2, 0.25) is 0 Å². The topological polar surface area (TPSA) is 93.3 Å². The number of nitrogens with one attached hydrogen (secondary N) is 2. The predicted molar refractivity (Wildman–Crippen MR) is 115 cm³/mol. The largest absolute Gasteiger partial charge is 0.486 e. The molecular weight excluding hydrogens is 394 g/mol. The zero-order valence-corrected chi connectivity index (χ0v) is 16.7. The lowest BCUT2D eigenvalue weighted by atomic mass is 9.81. The van der Waals surface area contributed by atoms with Crippen molar-refractivity contribution in [3.05, 3.63) is 70.8 Å². The molecule has 7 nitrogen and oxygen atoms in total. The van der Waals surface area contributed by atoms with Crippen LogP contribution in [0.15, 0.2) is 59.4 Å². The Morgan fingerprint density at radius 2 is 1.84 bits per heavy atom. The number of H-pyrrole nitrogens is 1. The van der Waals surface area contributed by atoms with Gasteiger partial charge in [0.25, 0.3) is 5.56 Å². The average Bonchev–Trinajstić information content (AvgIpc) is 3.41. The lowest BCUT2D eigenvalue weighted by Gasteiger charge is -2.27. The number of nitrogens with zero attached hydrogens (tertiary/aromatic N) is 1. The van der Waals surface area contributed by atoms with E-state index in [9.17, 15) is 9.59 Å². The third kappa shape index (κ3) is 3.00. The third-order valence-corrected chi connectivity index (χ3v) is 6.52. The molecule has 31 heavy (non-hydrogen) atoms. The Hall–Kier alpha value is -3.61. The van der Waals surface area contributed by atoms with Gasteiger partial charge in [0.05, 0.1) is 16.8 Å². The highest BCUT2D eigenvalue weighted by atomic mass is 16.6. The van der Waals surface area contributed by atoms with Crippen molar-refractivity contribution in [1.29, 1.82) is 0 Å². The number of carbonyl (C=O) groups is 1. The minimum Gasteiger partial charge on any atom is -0.486 e. The molecule has 2 heterocycles. The van der Waals surface area contributed by atoms with Gasteiger partial charge in [-0.2, -0.15) is 0 Å². The summed E-state index contributed by atoms with van der Waals surface area (Å²) in [5.74, 6) is 1.68. The minimum atomic E-state index is -0.299. The van der Waals surface area contributed by atoms with Crippen molar-refractivity contribution < 1.29 is 14.3 Å². The summed E-state index contributed by atoms with van der Waals surface area (Å²) < 4.78 is 11.2. The third-order valence-electron chi connectivity index (χ3n) is 6.52. The predicted octanol–water partition coefficient (Wildman–Crippen LogP) is 3.24. The van der Waals surface area contributed by atoms with Crippen molar-refractivity contribution in [2.24, 2.45) is 17.8 Å². The number of para-hydroxylation sites is 1. The number of fused-ring (bicyclic) bond motifs is 4. The second kappa shape index (κ2) is 6.97. The Morgan fingerprint density at radius 1 is 1.03 bits per heavy atom. The number of hydrogen-bond acceptors (Lipinski definition) is 5. The molecular formula is C24H21N3O4. The molecule has 2 bridgehead atoms. The van der Waals surface area contributed by atoms with Crippen LogP contribution < -0.4 is 20.3 Å². The Balaban J connectivity index is 1.33. The molecule has 7 heteroatoms. The smallest absolute Gasteiger partial charge is 0.258 e. The SMILES string of the molecule is O=C(Nc1ccc2c(c1)OCCO2)[C@@H]1[C@H](c2nc3ccccc3c(=O)[nH]2)[C@H]2C=C[C@H]1C2. The number of aromatic amines is 1. The van der Waals surface area contributed by atoms with E-state index in [-0.39, 0.29) is 35.1 Å². The first-order chi connectivity index (χ1) is 15.2. The van der Waals surface area contributed by atoms with Crippen molar-refractivity contribution in [3.63, 3.8) is 0 Å². The van der Waals surface area contributed by atoms with E-state index in [4.69, 9.17) is 14.5 Å². The Morgan fingerprint density at radius 3 is 2.74 bits per heavy atom. The van der Waals surface area contributed by atoms with Gasteiger partial charge in [-0.3, -0.25) is 9.59 Å². The van der Waals surface area contributed by atoms with Crippen molar-refractivity contribution in [3.8, 4) is 11.5 Å². The number of amides is 1. The zero-order chi connectivity index (χ0) is 20.9. The number of aromatic nitrogens is 2. The van der Waals surface area contributed by atoms with Crippen molar-refractivity contribution in [2.45, 2.75) is 12.3 Å². The van der Waals surface area contributed by atoms with E-state index < -0.39 is 0 Å². The van der Waals surface area contributed by atoms with Gasteiger partial charge in [0, 0.05) is 17.7 Å². The summed E-state index contributed by atoms with van der Waals surface area (Å²) in [4.78, 5) is 33.7. The normalized spacial score (nSPS) is 25.7. The monoisotopic (exact) mass is 415 g/mol. The van der Waals surface area contributed by atoms with Crippen LogP contribution in [0.4, 0.5) is 5.69 Å². The number of allylic oxidation sites excluding steroid dienone is 2. The molecule has 6 rings (SSSR count). The van der Waals surface area contributed by atoms with Gasteiger partial charge < -0.3 is 19.8 Å². The molecule has 2 aromatic carbocycles. The molecule has 156 valence electrons. The van der Waals surface area contributed by atoms with Gasteiger partial charge >= 0.3 is 0 Å². The zero-order valence-electron chi connectivity index (χ0n) is 16.7. The van der Waals surface area contributed by atoms with Crippen LogP contribution in [0.3, 0.4) is 0 Å². The van der Waals surface area contributed by atoms with E-state index in [1.165, 1.54) is 0 Å². The number of benzene rings is 2. The molecule has 1 amide bonds. The van der Waals surface area contributed by atoms with E-state index in [1.54, 1.807) is 12.1 Å². The second-order valence-corrected chi connectivity index (χ2v) is 8.32. The lowest BCUT2D eigenvalue weighted by Crippen LogP contribution is -2.33. The van der Waals surface area contributed by atoms with Crippen LogP contribution >= 0.6 is 0 Å². The maximum absolute atomic E-state index is 13.4. The molecule has 0 radical (unpaired) electrons. The van der Waals surface area contributed by atoms with E-state index in [0.29, 0.717) is 47.1 Å². The highest BCUT2D eigenvalue weighted by Crippen LogP contribution is 2.52. The second-order valence-electron chi connectivity index (χ2n) is 8.32. The summed E-state index contributed by atoms with van der Waals surface area (Å²) in [5.41, 5.74) is 1.15. The summed E-state index contributed by atoms with van der Waals surface area (Å²) in [7, 11) is 0. The number of rotatable bonds is 3. The van der Waals surface area contributed by atoms with Crippen LogP contribution in [0.25, 0.3) is 10.9 Å². The number of hydrogen-bond donors (Lipinski definition) is 2. The van der Waals surface area contributed by atoms with Crippen molar-refractivity contribution in [1.82, 2.24) is 9.97 Å². The minimum absolute atomic E-state index is 0.0747. The summed E-state index contributed by atoms with van der Waals surface area (Å²) >= 11 is 0. The molecule has 1 saturated carbocycles. The molecule has 2 N–H and O–H groups in total. The highest BCUT2D eigenvalue weighted by molar-refractivity contribution is 5.94. The molecule has 2 aliphatic carbocycles. The molecule has 3 aliphatic rings. The number of carbonyl (C=O) groups excluding carboxylic acids is 1. The van der Waals surface area contributed by atoms with Gasteiger partial charge in [0.1, 0.15) is 19.0 Å². The first-order valence-corrected chi connectivity index (χ1v) is 10.6.